The van der Waals surface area contributed by atoms with Gasteiger partial charge >= 0.3 is 0 Å². The molecule has 0 fully saturated rings. The number of nitrogens with one attached hydrogen (secondary N) is 1. The van der Waals surface area contributed by atoms with Gasteiger partial charge in [0.05, 0.1) is 7.11 Å². The molecule has 2 aromatic carbocycles. The van der Waals surface area contributed by atoms with Crippen molar-refractivity contribution in [3.63, 3.8) is 0 Å². The quantitative estimate of drug-likeness (QED) is 0.691. The fourth-order valence-corrected chi connectivity index (χ4v) is 3.42. The third kappa shape index (κ3) is 6.23. The summed E-state index contributed by atoms with van der Waals surface area (Å²) in [5.41, 5.74) is 2.26. The SMILES string of the molecule is COc1ccc(Cl)cc1CN(C)C(=O)C(CC(C)C)NC(=O)c1ccccc1C. The molecule has 0 aromatic heterocycles. The van der Waals surface area contributed by atoms with Gasteiger partial charge in [-0.15, -0.1) is 0 Å². The van der Waals surface area contributed by atoms with Crippen molar-refractivity contribution >= 4 is 23.4 Å². The lowest BCUT2D eigenvalue weighted by Gasteiger charge is -2.26. The van der Waals surface area contributed by atoms with Crippen LogP contribution >= 0.6 is 11.6 Å². The summed E-state index contributed by atoms with van der Waals surface area (Å²) in [5.74, 6) is 0.520. The molecule has 0 heterocycles. The van der Waals surface area contributed by atoms with Gasteiger partial charge in [-0.3, -0.25) is 9.59 Å². The average molecular weight is 417 g/mol. The molecule has 1 N–H and O–H groups in total. The molecule has 0 aliphatic carbocycles. The fraction of sp³-hybridized carbons (Fsp3) is 0.391. The number of ether oxygens (including phenoxy) is 1. The van der Waals surface area contributed by atoms with Crippen LogP contribution in [0.5, 0.6) is 5.75 Å². The van der Waals surface area contributed by atoms with Crippen molar-refractivity contribution in [2.75, 3.05) is 14.2 Å². The highest BCUT2D eigenvalue weighted by Crippen LogP contribution is 2.24. The number of carbonyl (C=O) groups is 2. The molecular formula is C23H29ClN2O3. The maximum absolute atomic E-state index is 13.2. The van der Waals surface area contributed by atoms with Crippen LogP contribution in [0.2, 0.25) is 5.02 Å². The van der Waals surface area contributed by atoms with Crippen LogP contribution in [-0.4, -0.2) is 36.9 Å². The van der Waals surface area contributed by atoms with E-state index in [0.717, 1.165) is 11.1 Å². The zero-order valence-electron chi connectivity index (χ0n) is 17.7. The lowest BCUT2D eigenvalue weighted by molar-refractivity contribution is -0.132. The molecule has 156 valence electrons. The molecule has 0 saturated carbocycles. The summed E-state index contributed by atoms with van der Waals surface area (Å²) in [4.78, 5) is 27.5. The molecule has 0 bridgehead atoms. The maximum Gasteiger partial charge on any atom is 0.252 e. The van der Waals surface area contributed by atoms with E-state index in [0.29, 0.717) is 29.3 Å². The Morgan fingerprint density at radius 3 is 2.48 bits per heavy atom. The van der Waals surface area contributed by atoms with E-state index in [1.54, 1.807) is 43.3 Å². The lowest BCUT2D eigenvalue weighted by Crippen LogP contribution is -2.48. The molecule has 0 radical (unpaired) electrons. The minimum Gasteiger partial charge on any atom is -0.496 e. The normalized spacial score (nSPS) is 11.8. The van der Waals surface area contributed by atoms with E-state index in [1.165, 1.54) is 0 Å². The van der Waals surface area contributed by atoms with Crippen molar-refractivity contribution in [2.24, 2.45) is 5.92 Å². The predicted molar refractivity (Wildman–Crippen MR) is 116 cm³/mol. The molecule has 2 rings (SSSR count). The molecule has 29 heavy (non-hydrogen) atoms. The monoisotopic (exact) mass is 416 g/mol. The van der Waals surface area contributed by atoms with Crippen molar-refractivity contribution in [2.45, 2.75) is 39.8 Å². The molecule has 0 aliphatic rings. The predicted octanol–water partition coefficient (Wildman–Crippen LogP) is 4.46. The standard InChI is InChI=1S/C23H29ClN2O3/c1-15(2)12-20(25-22(27)19-9-7-6-8-16(19)3)23(28)26(4)14-17-13-18(24)10-11-21(17)29-5/h6-11,13,15,20H,12,14H2,1-5H3,(H,25,27). The van der Waals surface area contributed by atoms with E-state index in [-0.39, 0.29) is 17.7 Å². The Hall–Kier alpha value is -2.53. The molecule has 0 saturated heterocycles. The smallest absolute Gasteiger partial charge is 0.252 e. The Balaban J connectivity index is 2.18. The highest BCUT2D eigenvalue weighted by molar-refractivity contribution is 6.30. The Morgan fingerprint density at radius 1 is 1.17 bits per heavy atom. The zero-order valence-corrected chi connectivity index (χ0v) is 18.4. The second-order valence-corrected chi connectivity index (χ2v) is 8.06. The maximum atomic E-state index is 13.2. The third-order valence-corrected chi connectivity index (χ3v) is 4.96. The number of rotatable bonds is 8. The molecule has 1 unspecified atom stereocenters. The molecule has 6 heteroatoms. The van der Waals surface area contributed by atoms with Crippen LogP contribution in [-0.2, 0) is 11.3 Å². The summed E-state index contributed by atoms with van der Waals surface area (Å²) in [6, 6.07) is 12.0. The van der Waals surface area contributed by atoms with Crippen LogP contribution in [0.15, 0.2) is 42.5 Å². The Labute approximate surface area is 178 Å². The van der Waals surface area contributed by atoms with Gasteiger partial charge in [-0.1, -0.05) is 43.6 Å². The largest absolute Gasteiger partial charge is 0.496 e. The van der Waals surface area contributed by atoms with Crippen LogP contribution in [0.3, 0.4) is 0 Å². The molecule has 0 spiro atoms. The van der Waals surface area contributed by atoms with Crippen LogP contribution in [0, 0.1) is 12.8 Å². The third-order valence-electron chi connectivity index (χ3n) is 4.73. The van der Waals surface area contributed by atoms with Crippen molar-refractivity contribution in [1.29, 1.82) is 0 Å². The van der Waals surface area contributed by atoms with Crippen LogP contribution in [0.1, 0.15) is 41.8 Å². The number of likely N-dealkylation sites (N-methyl/N-ethyl adjacent to an activating group) is 1. The summed E-state index contributed by atoms with van der Waals surface area (Å²) >= 11 is 6.10. The summed E-state index contributed by atoms with van der Waals surface area (Å²) < 4.78 is 5.38. The van der Waals surface area contributed by atoms with Gasteiger partial charge in [0.1, 0.15) is 11.8 Å². The van der Waals surface area contributed by atoms with E-state index in [4.69, 9.17) is 16.3 Å². The Bertz CT molecular complexity index is 867. The number of carbonyl (C=O) groups excluding carboxylic acids is 2. The number of benzene rings is 2. The lowest BCUT2D eigenvalue weighted by atomic mass is 10.0. The average Bonchev–Trinajstić information content (AvgIpc) is 2.67. The Morgan fingerprint density at radius 2 is 1.86 bits per heavy atom. The first-order chi connectivity index (χ1) is 13.7. The first-order valence-corrected chi connectivity index (χ1v) is 10.0. The zero-order chi connectivity index (χ0) is 21.6. The molecule has 2 amide bonds. The number of aryl methyl sites for hydroxylation is 1. The van der Waals surface area contributed by atoms with Crippen LogP contribution in [0.25, 0.3) is 0 Å². The number of nitrogens with zero attached hydrogens (tertiary/aromatic N) is 1. The van der Waals surface area contributed by atoms with Gasteiger partial charge in [-0.2, -0.15) is 0 Å². The van der Waals surface area contributed by atoms with E-state index in [2.05, 4.69) is 5.32 Å². The first-order valence-electron chi connectivity index (χ1n) is 9.66. The van der Waals surface area contributed by atoms with Crippen molar-refractivity contribution in [3.8, 4) is 5.75 Å². The van der Waals surface area contributed by atoms with Gasteiger partial charge in [0.25, 0.3) is 5.91 Å². The molecule has 1 atom stereocenters. The summed E-state index contributed by atoms with van der Waals surface area (Å²) in [6.45, 7) is 6.27. The first kappa shape index (κ1) is 22.8. The van der Waals surface area contributed by atoms with E-state index in [9.17, 15) is 9.59 Å². The topological polar surface area (TPSA) is 58.6 Å². The number of halogens is 1. The van der Waals surface area contributed by atoms with Gasteiger partial charge in [-0.05, 0) is 49.1 Å². The minimum atomic E-state index is -0.614. The minimum absolute atomic E-state index is 0.150. The van der Waals surface area contributed by atoms with Crippen molar-refractivity contribution in [3.05, 3.63) is 64.2 Å². The summed E-state index contributed by atoms with van der Waals surface area (Å²) in [6.07, 6.45) is 0.549. The fourth-order valence-electron chi connectivity index (χ4n) is 3.23. The van der Waals surface area contributed by atoms with Gasteiger partial charge in [0, 0.05) is 29.7 Å². The van der Waals surface area contributed by atoms with Gasteiger partial charge in [0.2, 0.25) is 5.91 Å². The number of amides is 2. The summed E-state index contributed by atoms with van der Waals surface area (Å²) in [7, 11) is 3.30. The van der Waals surface area contributed by atoms with Crippen molar-refractivity contribution < 1.29 is 14.3 Å². The molecule has 5 nitrogen and oxygen atoms in total. The Kier molecular flexibility index (Phi) is 8.09. The molecule has 0 aliphatic heterocycles. The highest BCUT2D eigenvalue weighted by atomic mass is 35.5. The van der Waals surface area contributed by atoms with Crippen LogP contribution < -0.4 is 10.1 Å². The second kappa shape index (κ2) is 10.3. The number of methoxy groups -OCH3 is 1. The van der Waals surface area contributed by atoms with Gasteiger partial charge in [-0.25, -0.2) is 0 Å². The molecule has 2 aromatic rings. The van der Waals surface area contributed by atoms with Gasteiger partial charge in [0.15, 0.2) is 0 Å². The van der Waals surface area contributed by atoms with E-state index >= 15 is 0 Å². The summed E-state index contributed by atoms with van der Waals surface area (Å²) in [5, 5.41) is 3.50. The van der Waals surface area contributed by atoms with E-state index in [1.807, 2.05) is 39.0 Å². The highest BCUT2D eigenvalue weighted by Gasteiger charge is 2.26. The second-order valence-electron chi connectivity index (χ2n) is 7.62. The van der Waals surface area contributed by atoms with Crippen molar-refractivity contribution in [1.82, 2.24) is 10.2 Å². The number of hydrogen-bond donors (Lipinski definition) is 1. The number of hydrogen-bond acceptors (Lipinski definition) is 3. The molecular weight excluding hydrogens is 388 g/mol. The van der Waals surface area contributed by atoms with Gasteiger partial charge < -0.3 is 15.0 Å². The van der Waals surface area contributed by atoms with Crippen LogP contribution in [0.4, 0.5) is 0 Å². The van der Waals surface area contributed by atoms with E-state index < -0.39 is 6.04 Å².